The summed E-state index contributed by atoms with van der Waals surface area (Å²) in [6.45, 7) is 6.21. The molecule has 0 saturated heterocycles. The summed E-state index contributed by atoms with van der Waals surface area (Å²) in [5.41, 5.74) is 3.22. The number of aromatic nitrogens is 2. The van der Waals surface area contributed by atoms with E-state index < -0.39 is 0 Å². The number of ether oxygens (including phenoxy) is 1. The first-order chi connectivity index (χ1) is 11.0. The van der Waals surface area contributed by atoms with Gasteiger partial charge >= 0.3 is 5.97 Å². The van der Waals surface area contributed by atoms with Crippen molar-refractivity contribution in [3.8, 4) is 0 Å². The lowest BCUT2D eigenvalue weighted by Crippen LogP contribution is -2.07. The van der Waals surface area contributed by atoms with Gasteiger partial charge in [0.05, 0.1) is 12.4 Å². The fraction of sp³-hybridized carbons (Fsp3) is 0.312. The summed E-state index contributed by atoms with van der Waals surface area (Å²) in [6.07, 6.45) is 0. The van der Waals surface area contributed by atoms with Gasteiger partial charge in [-0.15, -0.1) is 0 Å². The van der Waals surface area contributed by atoms with Crippen LogP contribution in [-0.2, 0) is 9.53 Å². The molecule has 0 spiro atoms. The minimum atomic E-state index is -0.281. The van der Waals surface area contributed by atoms with E-state index in [0.29, 0.717) is 22.7 Å². The molecule has 1 heterocycles. The highest BCUT2D eigenvalue weighted by molar-refractivity contribution is 7.99. The molecule has 0 aliphatic heterocycles. The van der Waals surface area contributed by atoms with Crippen LogP contribution in [0.4, 0.5) is 11.6 Å². The molecular weight excluding hydrogens is 334 g/mol. The average Bonchev–Trinajstić information content (AvgIpc) is 2.50. The van der Waals surface area contributed by atoms with Gasteiger partial charge in [0.15, 0.2) is 0 Å². The van der Waals surface area contributed by atoms with Crippen molar-refractivity contribution in [2.24, 2.45) is 0 Å². The molecule has 5 nitrogen and oxygen atoms in total. The van der Waals surface area contributed by atoms with Crippen LogP contribution in [0.2, 0.25) is 5.15 Å². The van der Waals surface area contributed by atoms with Gasteiger partial charge in [-0.1, -0.05) is 35.5 Å². The van der Waals surface area contributed by atoms with Crippen LogP contribution in [0, 0.1) is 13.8 Å². The largest absolute Gasteiger partial charge is 0.465 e. The molecule has 23 heavy (non-hydrogen) atoms. The summed E-state index contributed by atoms with van der Waals surface area (Å²) in [4.78, 5) is 20.0. The highest BCUT2D eigenvalue weighted by atomic mass is 35.5. The smallest absolute Gasteiger partial charge is 0.316 e. The molecule has 0 amide bonds. The number of nitrogens with one attached hydrogen (secondary N) is 1. The zero-order valence-corrected chi connectivity index (χ0v) is 14.8. The number of thioether (sulfide) groups is 1. The fourth-order valence-electron chi connectivity index (χ4n) is 1.87. The number of aryl methyl sites for hydroxylation is 1. The molecule has 1 N–H and O–H groups in total. The Morgan fingerprint density at radius 2 is 2.13 bits per heavy atom. The molecule has 0 aliphatic carbocycles. The second-order valence-corrected chi connectivity index (χ2v) is 6.20. The average molecular weight is 352 g/mol. The van der Waals surface area contributed by atoms with Gasteiger partial charge in [-0.2, -0.15) is 0 Å². The van der Waals surface area contributed by atoms with Crippen LogP contribution in [0.15, 0.2) is 29.3 Å². The van der Waals surface area contributed by atoms with Crippen molar-refractivity contribution in [1.82, 2.24) is 9.97 Å². The molecule has 0 bridgehead atoms. The van der Waals surface area contributed by atoms with Crippen molar-refractivity contribution in [3.05, 3.63) is 40.5 Å². The van der Waals surface area contributed by atoms with Gasteiger partial charge in [0.2, 0.25) is 5.95 Å². The first-order valence-corrected chi connectivity index (χ1v) is 8.52. The number of halogens is 1. The first kappa shape index (κ1) is 17.6. The molecule has 2 aromatic rings. The molecule has 7 heteroatoms. The highest BCUT2D eigenvalue weighted by Crippen LogP contribution is 2.25. The SMILES string of the molecule is CCOC(=O)CSc1cc(Cl)nc(Nc2cccc(C)c2C)n1. The maximum Gasteiger partial charge on any atom is 0.316 e. The van der Waals surface area contributed by atoms with Gasteiger partial charge in [-0.05, 0) is 38.0 Å². The maximum absolute atomic E-state index is 11.4. The first-order valence-electron chi connectivity index (χ1n) is 7.16. The van der Waals surface area contributed by atoms with Crippen LogP contribution in [-0.4, -0.2) is 28.3 Å². The Morgan fingerprint density at radius 3 is 2.87 bits per heavy atom. The standard InChI is InChI=1S/C16H18ClN3O2S/c1-4-22-15(21)9-23-14-8-13(17)19-16(20-14)18-12-7-5-6-10(2)11(12)3/h5-8H,4,9H2,1-3H3,(H,18,19,20). The predicted octanol–water partition coefficient (Wildman–Crippen LogP) is 4.15. The van der Waals surface area contributed by atoms with Crippen molar-refractivity contribution < 1.29 is 9.53 Å². The van der Waals surface area contributed by atoms with Gasteiger partial charge < -0.3 is 10.1 Å². The summed E-state index contributed by atoms with van der Waals surface area (Å²) in [7, 11) is 0. The monoisotopic (exact) mass is 351 g/mol. The van der Waals surface area contributed by atoms with E-state index in [1.165, 1.54) is 17.3 Å². The van der Waals surface area contributed by atoms with Crippen LogP contribution in [0.25, 0.3) is 0 Å². The number of nitrogens with zero attached hydrogens (tertiary/aromatic N) is 2. The Hall–Kier alpha value is -1.79. The molecule has 0 fully saturated rings. The van der Waals surface area contributed by atoms with Crippen LogP contribution in [0.3, 0.4) is 0 Å². The van der Waals surface area contributed by atoms with E-state index in [1.54, 1.807) is 13.0 Å². The van der Waals surface area contributed by atoms with Crippen molar-refractivity contribution in [2.45, 2.75) is 25.8 Å². The van der Waals surface area contributed by atoms with E-state index in [9.17, 15) is 4.79 Å². The van der Waals surface area contributed by atoms with Gasteiger partial charge in [0.25, 0.3) is 0 Å². The van der Waals surface area contributed by atoms with Gasteiger partial charge in [-0.3, -0.25) is 4.79 Å². The normalized spacial score (nSPS) is 10.4. The molecule has 1 aromatic carbocycles. The minimum Gasteiger partial charge on any atom is -0.465 e. The Morgan fingerprint density at radius 1 is 1.35 bits per heavy atom. The Balaban J connectivity index is 2.14. The molecule has 0 atom stereocenters. The van der Waals surface area contributed by atoms with E-state index in [1.807, 2.05) is 32.0 Å². The van der Waals surface area contributed by atoms with Crippen LogP contribution < -0.4 is 5.32 Å². The summed E-state index contributed by atoms with van der Waals surface area (Å²) in [6, 6.07) is 7.59. The lowest BCUT2D eigenvalue weighted by Gasteiger charge is -2.11. The number of esters is 1. The van der Waals surface area contributed by atoms with Crippen molar-refractivity contribution in [1.29, 1.82) is 0 Å². The van der Waals surface area contributed by atoms with Crippen molar-refractivity contribution >= 4 is 41.0 Å². The van der Waals surface area contributed by atoms with E-state index in [-0.39, 0.29) is 11.7 Å². The predicted molar refractivity (Wildman–Crippen MR) is 93.6 cm³/mol. The summed E-state index contributed by atoms with van der Waals surface area (Å²) in [5, 5.41) is 4.11. The third kappa shape index (κ3) is 5.11. The quantitative estimate of drug-likeness (QED) is 0.479. The van der Waals surface area contributed by atoms with Gasteiger partial charge in [0, 0.05) is 11.8 Å². The lowest BCUT2D eigenvalue weighted by molar-refractivity contribution is -0.139. The van der Waals surface area contributed by atoms with Crippen LogP contribution >= 0.6 is 23.4 Å². The van der Waals surface area contributed by atoms with Gasteiger partial charge in [0.1, 0.15) is 10.2 Å². The van der Waals surface area contributed by atoms with Crippen molar-refractivity contribution in [3.63, 3.8) is 0 Å². The van der Waals surface area contributed by atoms with E-state index in [0.717, 1.165) is 11.3 Å². The molecule has 0 unspecified atom stereocenters. The Kier molecular flexibility index (Phi) is 6.24. The Bertz CT molecular complexity index is 710. The maximum atomic E-state index is 11.4. The second kappa shape index (κ2) is 8.17. The molecule has 122 valence electrons. The lowest BCUT2D eigenvalue weighted by atomic mass is 10.1. The molecular formula is C16H18ClN3O2S. The number of rotatable bonds is 6. The van der Waals surface area contributed by atoms with E-state index >= 15 is 0 Å². The molecule has 0 radical (unpaired) electrons. The molecule has 2 rings (SSSR count). The fourth-order valence-corrected chi connectivity index (χ4v) is 2.81. The summed E-state index contributed by atoms with van der Waals surface area (Å²) >= 11 is 7.31. The highest BCUT2D eigenvalue weighted by Gasteiger charge is 2.09. The molecule has 1 aromatic heterocycles. The molecule has 0 saturated carbocycles. The summed E-state index contributed by atoms with van der Waals surface area (Å²) < 4.78 is 4.90. The van der Waals surface area contributed by atoms with Crippen LogP contribution in [0.1, 0.15) is 18.1 Å². The van der Waals surface area contributed by atoms with Crippen molar-refractivity contribution in [2.75, 3.05) is 17.7 Å². The Labute approximate surface area is 144 Å². The number of hydrogen-bond donors (Lipinski definition) is 1. The zero-order chi connectivity index (χ0) is 16.8. The van der Waals surface area contributed by atoms with E-state index in [2.05, 4.69) is 15.3 Å². The number of anilines is 2. The topological polar surface area (TPSA) is 64.1 Å². The molecule has 0 aliphatic rings. The zero-order valence-electron chi connectivity index (χ0n) is 13.2. The summed E-state index contributed by atoms with van der Waals surface area (Å²) in [5.74, 6) is 0.304. The number of benzene rings is 1. The third-order valence-corrected chi connectivity index (χ3v) is 4.24. The number of hydrogen-bond acceptors (Lipinski definition) is 6. The van der Waals surface area contributed by atoms with Crippen LogP contribution in [0.5, 0.6) is 0 Å². The third-order valence-electron chi connectivity index (χ3n) is 3.17. The van der Waals surface area contributed by atoms with E-state index in [4.69, 9.17) is 16.3 Å². The number of carbonyl (C=O) groups excluding carboxylic acids is 1. The van der Waals surface area contributed by atoms with Gasteiger partial charge in [-0.25, -0.2) is 9.97 Å². The minimum absolute atomic E-state index is 0.185. The second-order valence-electron chi connectivity index (χ2n) is 4.82. The number of carbonyl (C=O) groups is 1.